The van der Waals surface area contributed by atoms with Gasteiger partial charge in [-0.2, -0.15) is 0 Å². The first-order valence-corrected chi connectivity index (χ1v) is 6.12. The van der Waals surface area contributed by atoms with Crippen molar-refractivity contribution in [1.29, 1.82) is 0 Å². The Morgan fingerprint density at radius 1 is 1.22 bits per heavy atom. The summed E-state index contributed by atoms with van der Waals surface area (Å²) in [6.45, 7) is 4.80. The minimum absolute atomic E-state index is 0.109. The number of rotatable bonds is 7. The van der Waals surface area contributed by atoms with Crippen LogP contribution in [0.25, 0.3) is 0 Å². The summed E-state index contributed by atoms with van der Waals surface area (Å²) < 4.78 is 10.7. The Labute approximate surface area is 111 Å². The number of nitro benzene ring substituents is 1. The molecule has 0 spiro atoms. The number of hydrogen-bond acceptors (Lipinski definition) is 4. The highest BCUT2D eigenvalue weighted by molar-refractivity contribution is 6.17. The molecule has 0 bridgehead atoms. The zero-order chi connectivity index (χ0) is 13.5. The summed E-state index contributed by atoms with van der Waals surface area (Å²) in [4.78, 5) is 10.4. The quantitative estimate of drug-likeness (QED) is 0.332. The van der Waals surface area contributed by atoms with Crippen molar-refractivity contribution in [3.63, 3.8) is 0 Å². The number of alkyl halides is 1. The molecule has 0 saturated carbocycles. The minimum Gasteiger partial charge on any atom is -0.491 e. The molecule has 5 nitrogen and oxygen atoms in total. The molecular formula is C12H16ClNO4. The number of ether oxygens (including phenoxy) is 2. The lowest BCUT2D eigenvalue weighted by Gasteiger charge is -2.10. The van der Waals surface area contributed by atoms with Gasteiger partial charge < -0.3 is 9.47 Å². The Kier molecular flexibility index (Phi) is 5.88. The summed E-state index contributed by atoms with van der Waals surface area (Å²) in [5.74, 6) is 1.10. The summed E-state index contributed by atoms with van der Waals surface area (Å²) >= 11 is 5.46. The molecule has 0 aromatic heterocycles. The third-order valence-corrected chi connectivity index (χ3v) is 2.55. The SMILES string of the molecule is Cc1cc([N+](=O)[O-])c(C)cc1OCCOCCCl. The third kappa shape index (κ3) is 4.16. The van der Waals surface area contributed by atoms with Gasteiger partial charge >= 0.3 is 0 Å². The van der Waals surface area contributed by atoms with Crippen molar-refractivity contribution in [3.05, 3.63) is 33.4 Å². The van der Waals surface area contributed by atoms with Crippen molar-refractivity contribution in [1.82, 2.24) is 0 Å². The van der Waals surface area contributed by atoms with Gasteiger partial charge in [0.15, 0.2) is 0 Å². The van der Waals surface area contributed by atoms with E-state index in [1.807, 2.05) is 0 Å². The van der Waals surface area contributed by atoms with Gasteiger partial charge in [0.1, 0.15) is 12.4 Å². The van der Waals surface area contributed by atoms with E-state index in [0.29, 0.717) is 37.0 Å². The lowest BCUT2D eigenvalue weighted by molar-refractivity contribution is -0.385. The third-order valence-electron chi connectivity index (χ3n) is 2.40. The standard InChI is InChI=1S/C12H16ClNO4/c1-9-8-12(18-6-5-17-4-3-13)10(2)7-11(9)14(15)16/h7-8H,3-6H2,1-2H3. The van der Waals surface area contributed by atoms with E-state index < -0.39 is 4.92 Å². The first-order valence-electron chi connectivity index (χ1n) is 5.58. The van der Waals surface area contributed by atoms with Crippen LogP contribution < -0.4 is 4.74 Å². The number of benzene rings is 1. The Bertz CT molecular complexity index is 423. The van der Waals surface area contributed by atoms with Crippen LogP contribution >= 0.6 is 11.6 Å². The predicted octanol–water partition coefficient (Wildman–Crippen LogP) is 2.85. The van der Waals surface area contributed by atoms with Crippen molar-refractivity contribution in [3.8, 4) is 5.75 Å². The van der Waals surface area contributed by atoms with Crippen LogP contribution in [-0.4, -0.2) is 30.6 Å². The van der Waals surface area contributed by atoms with Gasteiger partial charge in [-0.25, -0.2) is 0 Å². The number of nitrogens with zero attached hydrogens (tertiary/aromatic N) is 1. The van der Waals surface area contributed by atoms with Crippen LogP contribution in [0.2, 0.25) is 0 Å². The van der Waals surface area contributed by atoms with E-state index in [4.69, 9.17) is 21.1 Å². The van der Waals surface area contributed by atoms with Gasteiger partial charge in [-0.15, -0.1) is 11.6 Å². The Balaban J connectivity index is 2.62. The highest BCUT2D eigenvalue weighted by Gasteiger charge is 2.13. The maximum absolute atomic E-state index is 10.7. The highest BCUT2D eigenvalue weighted by Crippen LogP contribution is 2.27. The molecule has 1 rings (SSSR count). The van der Waals surface area contributed by atoms with Gasteiger partial charge in [0.25, 0.3) is 5.69 Å². The van der Waals surface area contributed by atoms with Gasteiger partial charge in [0.2, 0.25) is 0 Å². The van der Waals surface area contributed by atoms with Gasteiger partial charge in [0.05, 0.1) is 18.1 Å². The van der Waals surface area contributed by atoms with E-state index >= 15 is 0 Å². The number of halogens is 1. The molecule has 0 radical (unpaired) electrons. The van der Waals surface area contributed by atoms with Gasteiger partial charge in [0, 0.05) is 17.5 Å². The van der Waals surface area contributed by atoms with Gasteiger partial charge in [-0.05, 0) is 25.5 Å². The molecule has 0 saturated heterocycles. The summed E-state index contributed by atoms with van der Waals surface area (Å²) in [7, 11) is 0. The summed E-state index contributed by atoms with van der Waals surface area (Å²) in [6.07, 6.45) is 0. The normalized spacial score (nSPS) is 10.4. The lowest BCUT2D eigenvalue weighted by Crippen LogP contribution is -2.09. The second kappa shape index (κ2) is 7.18. The van der Waals surface area contributed by atoms with Crippen LogP contribution in [0, 0.1) is 24.0 Å². The molecule has 0 aliphatic heterocycles. The van der Waals surface area contributed by atoms with Crippen molar-refractivity contribution in [2.45, 2.75) is 13.8 Å². The van der Waals surface area contributed by atoms with Gasteiger partial charge in [-0.3, -0.25) is 10.1 Å². The Hall–Kier alpha value is -1.33. The molecule has 18 heavy (non-hydrogen) atoms. The average molecular weight is 274 g/mol. The number of nitro groups is 1. The molecular weight excluding hydrogens is 258 g/mol. The average Bonchev–Trinajstić information content (AvgIpc) is 2.32. The topological polar surface area (TPSA) is 61.6 Å². The van der Waals surface area contributed by atoms with Crippen molar-refractivity contribution < 1.29 is 14.4 Å². The molecule has 0 N–H and O–H groups in total. The van der Waals surface area contributed by atoms with E-state index in [1.165, 1.54) is 6.07 Å². The van der Waals surface area contributed by atoms with Crippen LogP contribution in [-0.2, 0) is 4.74 Å². The molecule has 0 unspecified atom stereocenters. The van der Waals surface area contributed by atoms with Crippen LogP contribution in [0.4, 0.5) is 5.69 Å². The van der Waals surface area contributed by atoms with E-state index in [2.05, 4.69) is 0 Å². The van der Waals surface area contributed by atoms with Crippen molar-refractivity contribution >= 4 is 17.3 Å². The summed E-state index contributed by atoms with van der Waals surface area (Å²) in [5, 5.41) is 10.7. The van der Waals surface area contributed by atoms with Gasteiger partial charge in [-0.1, -0.05) is 0 Å². The first-order chi connectivity index (χ1) is 8.56. The lowest BCUT2D eigenvalue weighted by atomic mass is 10.1. The second-order valence-corrected chi connectivity index (χ2v) is 4.19. The molecule has 0 aliphatic rings. The predicted molar refractivity (Wildman–Crippen MR) is 69.6 cm³/mol. The monoisotopic (exact) mass is 273 g/mol. The molecule has 100 valence electrons. The molecule has 6 heteroatoms. The molecule has 0 fully saturated rings. The molecule has 0 amide bonds. The van der Waals surface area contributed by atoms with E-state index in [1.54, 1.807) is 19.9 Å². The Morgan fingerprint density at radius 2 is 1.94 bits per heavy atom. The van der Waals surface area contributed by atoms with E-state index in [9.17, 15) is 10.1 Å². The Morgan fingerprint density at radius 3 is 2.56 bits per heavy atom. The van der Waals surface area contributed by atoms with E-state index in [0.717, 1.165) is 5.56 Å². The van der Waals surface area contributed by atoms with Crippen LogP contribution in [0.5, 0.6) is 5.75 Å². The number of aryl methyl sites for hydroxylation is 2. The second-order valence-electron chi connectivity index (χ2n) is 3.81. The number of hydrogen-bond donors (Lipinski definition) is 0. The van der Waals surface area contributed by atoms with Crippen LogP contribution in [0.15, 0.2) is 12.1 Å². The summed E-state index contributed by atoms with van der Waals surface area (Å²) in [5.41, 5.74) is 1.44. The molecule has 0 heterocycles. The minimum atomic E-state index is -0.393. The largest absolute Gasteiger partial charge is 0.491 e. The van der Waals surface area contributed by atoms with Crippen LogP contribution in [0.3, 0.4) is 0 Å². The fourth-order valence-corrected chi connectivity index (χ4v) is 1.60. The highest BCUT2D eigenvalue weighted by atomic mass is 35.5. The molecule has 0 atom stereocenters. The maximum Gasteiger partial charge on any atom is 0.272 e. The van der Waals surface area contributed by atoms with Crippen molar-refractivity contribution in [2.24, 2.45) is 0 Å². The fourth-order valence-electron chi connectivity index (χ4n) is 1.49. The first kappa shape index (κ1) is 14.7. The van der Waals surface area contributed by atoms with Crippen molar-refractivity contribution in [2.75, 3.05) is 25.7 Å². The molecule has 1 aromatic rings. The zero-order valence-corrected chi connectivity index (χ0v) is 11.2. The maximum atomic E-state index is 10.7. The molecule has 0 aliphatic carbocycles. The molecule has 1 aromatic carbocycles. The fraction of sp³-hybridized carbons (Fsp3) is 0.500. The zero-order valence-electron chi connectivity index (χ0n) is 10.4. The van der Waals surface area contributed by atoms with Crippen LogP contribution in [0.1, 0.15) is 11.1 Å². The smallest absolute Gasteiger partial charge is 0.272 e. The summed E-state index contributed by atoms with van der Waals surface area (Å²) in [6, 6.07) is 3.19. The van der Waals surface area contributed by atoms with E-state index in [-0.39, 0.29) is 5.69 Å².